The number of hydrogen-bond donors (Lipinski definition) is 1. The number of carbonyl (C=O) groups excluding carboxylic acids is 1. The summed E-state index contributed by atoms with van der Waals surface area (Å²) >= 11 is 7.91. The molecule has 1 N–H and O–H groups in total. The van der Waals surface area contributed by atoms with E-state index in [1.54, 1.807) is 0 Å². The Labute approximate surface area is 180 Å². The monoisotopic (exact) mass is 529 g/mol. The number of nitrogens with zero attached hydrogens (tertiary/aromatic N) is 2. The molecule has 0 atom stereocenters. The van der Waals surface area contributed by atoms with Crippen LogP contribution in [0.3, 0.4) is 0 Å². The molecule has 28 heavy (non-hydrogen) atoms. The zero-order valence-electron chi connectivity index (χ0n) is 14.6. The molecule has 0 spiro atoms. The molecule has 1 aromatic heterocycles. The van der Waals surface area contributed by atoms with Gasteiger partial charge in [0.1, 0.15) is 11.3 Å². The van der Waals surface area contributed by atoms with Gasteiger partial charge in [0.2, 0.25) is 0 Å². The number of non-ortho nitro benzene ring substituents is 1. The summed E-state index contributed by atoms with van der Waals surface area (Å²) < 4.78 is 12.9. The first-order chi connectivity index (χ1) is 13.3. The van der Waals surface area contributed by atoms with Crippen molar-refractivity contribution >= 4 is 70.1 Å². The highest BCUT2D eigenvalue weighted by molar-refractivity contribution is 9.11. The fourth-order valence-corrected chi connectivity index (χ4v) is 4.95. The van der Waals surface area contributed by atoms with Gasteiger partial charge in [0.25, 0.3) is 11.6 Å². The van der Waals surface area contributed by atoms with Gasteiger partial charge in [-0.15, -0.1) is 0 Å². The lowest BCUT2D eigenvalue weighted by Gasteiger charge is -2.11. The molecule has 0 fully saturated rings. The van der Waals surface area contributed by atoms with Gasteiger partial charge in [-0.1, -0.05) is 27.3 Å². The number of rotatable bonds is 6. The minimum absolute atomic E-state index is 0.107. The third-order valence-corrected chi connectivity index (χ3v) is 5.63. The molecule has 0 bridgehead atoms. The summed E-state index contributed by atoms with van der Waals surface area (Å²) in [4.78, 5) is 27.1. The Hall–Kier alpha value is -2.24. The molecule has 1 amide bonds. The molecule has 0 unspecified atom stereocenters. The number of halogens is 2. The molecule has 3 aromatic rings. The summed E-state index contributed by atoms with van der Waals surface area (Å²) in [5.74, 6) is 0.438. The molecule has 0 aliphatic rings. The van der Waals surface area contributed by atoms with E-state index in [4.69, 9.17) is 9.47 Å². The fourth-order valence-electron chi connectivity index (χ4n) is 2.46. The molecule has 0 saturated heterocycles. The van der Waals surface area contributed by atoms with Crippen molar-refractivity contribution in [3.8, 4) is 11.5 Å². The van der Waals surface area contributed by atoms with E-state index in [1.807, 2.05) is 19.1 Å². The topological polar surface area (TPSA) is 104 Å². The standard InChI is InChI=1S/C17H13Br2N3O5S/c1-8-3-9(18)4-11(19)16(8)27-7-14(23)20-17-21-15-12(26-2)5-10(22(24)25)6-13(15)28-17/h3-6H,7H2,1-2H3,(H,20,21,23). The van der Waals surface area contributed by atoms with Gasteiger partial charge < -0.3 is 9.47 Å². The predicted molar refractivity (Wildman–Crippen MR) is 114 cm³/mol. The first-order valence-corrected chi connectivity index (χ1v) is 10.2. The Morgan fingerprint density at radius 3 is 2.71 bits per heavy atom. The first-order valence-electron chi connectivity index (χ1n) is 7.79. The number of fused-ring (bicyclic) bond motifs is 1. The van der Waals surface area contributed by atoms with Gasteiger partial charge in [0.15, 0.2) is 17.5 Å². The van der Waals surface area contributed by atoms with E-state index >= 15 is 0 Å². The number of nitro benzene ring substituents is 1. The zero-order chi connectivity index (χ0) is 20.4. The molecule has 1 heterocycles. The van der Waals surface area contributed by atoms with Crippen LogP contribution in [0, 0.1) is 17.0 Å². The van der Waals surface area contributed by atoms with Gasteiger partial charge in [0, 0.05) is 10.5 Å². The van der Waals surface area contributed by atoms with Gasteiger partial charge in [-0.05, 0) is 40.5 Å². The molecule has 3 rings (SSSR count). The molecule has 8 nitrogen and oxygen atoms in total. The molecule has 11 heteroatoms. The van der Waals surface area contributed by atoms with Crippen molar-refractivity contribution in [2.24, 2.45) is 0 Å². The third kappa shape index (κ3) is 4.42. The second-order valence-electron chi connectivity index (χ2n) is 5.64. The predicted octanol–water partition coefficient (Wildman–Crippen LogP) is 5.06. The number of aryl methyl sites for hydroxylation is 1. The number of hydrogen-bond acceptors (Lipinski definition) is 7. The summed E-state index contributed by atoms with van der Waals surface area (Å²) in [5, 5.41) is 14.0. The van der Waals surface area contributed by atoms with Gasteiger partial charge in [-0.25, -0.2) is 4.98 Å². The SMILES string of the molecule is COc1cc([N+](=O)[O-])cc2sc(NC(=O)COc3c(C)cc(Br)cc3Br)nc12. The van der Waals surface area contributed by atoms with E-state index in [0.717, 1.165) is 25.8 Å². The molecule has 0 saturated carbocycles. The maximum Gasteiger partial charge on any atom is 0.274 e. The Balaban J connectivity index is 1.75. The van der Waals surface area contributed by atoms with Crippen molar-refractivity contribution in [2.75, 3.05) is 19.0 Å². The van der Waals surface area contributed by atoms with Crippen molar-refractivity contribution < 1.29 is 19.2 Å². The molecular weight excluding hydrogens is 518 g/mol. The lowest BCUT2D eigenvalue weighted by atomic mass is 10.2. The minimum Gasteiger partial charge on any atom is -0.494 e. The highest BCUT2D eigenvalue weighted by atomic mass is 79.9. The van der Waals surface area contributed by atoms with Gasteiger partial charge in [0.05, 0.1) is 27.3 Å². The number of thiazole rings is 1. The van der Waals surface area contributed by atoms with Crippen LogP contribution in [-0.4, -0.2) is 29.5 Å². The Morgan fingerprint density at radius 2 is 2.07 bits per heavy atom. The Kier molecular flexibility index (Phi) is 6.16. The molecule has 2 aromatic carbocycles. The molecule has 0 radical (unpaired) electrons. The maximum atomic E-state index is 12.2. The summed E-state index contributed by atoms with van der Waals surface area (Å²) in [6, 6.07) is 6.40. The Bertz CT molecular complexity index is 1060. The van der Waals surface area contributed by atoms with Crippen LogP contribution in [0.25, 0.3) is 10.2 Å². The van der Waals surface area contributed by atoms with E-state index in [0.29, 0.717) is 21.1 Å². The minimum atomic E-state index is -0.508. The van der Waals surface area contributed by atoms with Gasteiger partial charge in [-0.2, -0.15) is 0 Å². The number of benzene rings is 2. The van der Waals surface area contributed by atoms with Crippen LogP contribution in [0.2, 0.25) is 0 Å². The molecular formula is C17H13Br2N3O5S. The van der Waals surface area contributed by atoms with E-state index in [-0.39, 0.29) is 18.0 Å². The number of ether oxygens (including phenoxy) is 2. The van der Waals surface area contributed by atoms with Crippen LogP contribution < -0.4 is 14.8 Å². The van der Waals surface area contributed by atoms with Crippen LogP contribution in [0.5, 0.6) is 11.5 Å². The lowest BCUT2D eigenvalue weighted by molar-refractivity contribution is -0.384. The van der Waals surface area contributed by atoms with Crippen LogP contribution in [0.4, 0.5) is 10.8 Å². The van der Waals surface area contributed by atoms with Crippen LogP contribution in [0.1, 0.15) is 5.56 Å². The number of anilines is 1. The highest BCUT2D eigenvalue weighted by Crippen LogP contribution is 2.36. The second kappa shape index (κ2) is 8.41. The molecule has 0 aliphatic heterocycles. The zero-order valence-corrected chi connectivity index (χ0v) is 18.6. The van der Waals surface area contributed by atoms with Crippen LogP contribution in [-0.2, 0) is 4.79 Å². The average molecular weight is 531 g/mol. The fraction of sp³-hybridized carbons (Fsp3) is 0.176. The smallest absolute Gasteiger partial charge is 0.274 e. The second-order valence-corrected chi connectivity index (χ2v) is 8.44. The van der Waals surface area contributed by atoms with Gasteiger partial charge >= 0.3 is 0 Å². The summed E-state index contributed by atoms with van der Waals surface area (Å²) in [5.41, 5.74) is 1.21. The highest BCUT2D eigenvalue weighted by Gasteiger charge is 2.18. The number of nitro groups is 1. The van der Waals surface area contributed by atoms with Crippen molar-refractivity contribution in [1.82, 2.24) is 4.98 Å². The number of methoxy groups -OCH3 is 1. The lowest BCUT2D eigenvalue weighted by Crippen LogP contribution is -2.20. The largest absolute Gasteiger partial charge is 0.494 e. The summed E-state index contributed by atoms with van der Waals surface area (Å²) in [6.45, 7) is 1.66. The first kappa shape index (κ1) is 20.5. The summed E-state index contributed by atoms with van der Waals surface area (Å²) in [7, 11) is 1.41. The average Bonchev–Trinajstić information content (AvgIpc) is 3.01. The van der Waals surface area contributed by atoms with Crippen LogP contribution in [0.15, 0.2) is 33.2 Å². The van der Waals surface area contributed by atoms with E-state index in [1.165, 1.54) is 19.2 Å². The maximum absolute atomic E-state index is 12.2. The van der Waals surface area contributed by atoms with Gasteiger partial charge in [-0.3, -0.25) is 20.2 Å². The quantitative estimate of drug-likeness (QED) is 0.352. The van der Waals surface area contributed by atoms with Crippen molar-refractivity contribution in [3.63, 3.8) is 0 Å². The van der Waals surface area contributed by atoms with E-state index in [9.17, 15) is 14.9 Å². The van der Waals surface area contributed by atoms with Crippen molar-refractivity contribution in [3.05, 3.63) is 48.9 Å². The van der Waals surface area contributed by atoms with Crippen LogP contribution >= 0.6 is 43.2 Å². The number of amides is 1. The number of carbonyl (C=O) groups is 1. The van der Waals surface area contributed by atoms with Crippen molar-refractivity contribution in [1.29, 1.82) is 0 Å². The Morgan fingerprint density at radius 1 is 1.32 bits per heavy atom. The van der Waals surface area contributed by atoms with E-state index in [2.05, 4.69) is 42.2 Å². The number of aromatic nitrogens is 1. The number of nitrogens with one attached hydrogen (secondary N) is 1. The van der Waals surface area contributed by atoms with E-state index < -0.39 is 10.8 Å². The van der Waals surface area contributed by atoms with Crippen molar-refractivity contribution in [2.45, 2.75) is 6.92 Å². The third-order valence-electron chi connectivity index (χ3n) is 3.66. The molecule has 0 aliphatic carbocycles. The summed E-state index contributed by atoms with van der Waals surface area (Å²) in [6.07, 6.45) is 0. The normalized spacial score (nSPS) is 10.7. The molecule has 146 valence electrons.